The lowest BCUT2D eigenvalue weighted by Gasteiger charge is -2.33. The number of amides is 1. The molecule has 1 atom stereocenters. The summed E-state index contributed by atoms with van der Waals surface area (Å²) >= 11 is 0. The average Bonchev–Trinajstić information content (AvgIpc) is 2.38. The number of nitrogens with two attached hydrogens (primary N) is 1. The number of carbonyl (C=O) groups excluding carboxylic acids is 1. The molecular formula is C12H16FN3O3S. The number of piperazine rings is 1. The fourth-order valence-corrected chi connectivity index (χ4v) is 4.05. The fraction of sp³-hybridized carbons (Fsp3) is 0.417. The molecule has 1 saturated heterocycles. The van der Waals surface area contributed by atoms with Crippen LogP contribution >= 0.6 is 0 Å². The van der Waals surface area contributed by atoms with Crippen LogP contribution in [0.25, 0.3) is 0 Å². The van der Waals surface area contributed by atoms with Gasteiger partial charge < -0.3 is 11.1 Å². The van der Waals surface area contributed by atoms with Crippen LogP contribution in [0.3, 0.4) is 0 Å². The van der Waals surface area contributed by atoms with Crippen molar-refractivity contribution in [1.29, 1.82) is 0 Å². The number of carbonyl (C=O) groups is 1. The molecule has 1 aromatic rings. The highest BCUT2D eigenvalue weighted by Gasteiger charge is 2.37. The minimum Gasteiger partial charge on any atom is -0.368 e. The highest BCUT2D eigenvalue weighted by molar-refractivity contribution is 7.89. The summed E-state index contributed by atoms with van der Waals surface area (Å²) in [6.45, 7) is 2.27. The van der Waals surface area contributed by atoms with E-state index in [9.17, 15) is 17.6 Å². The molecule has 0 bridgehead atoms. The van der Waals surface area contributed by atoms with Crippen molar-refractivity contribution in [2.75, 3.05) is 19.6 Å². The Morgan fingerprint density at radius 3 is 2.80 bits per heavy atom. The molecule has 0 aromatic heterocycles. The predicted molar refractivity (Wildman–Crippen MR) is 70.9 cm³/mol. The Labute approximate surface area is 116 Å². The van der Waals surface area contributed by atoms with Crippen molar-refractivity contribution in [2.45, 2.75) is 17.9 Å². The summed E-state index contributed by atoms with van der Waals surface area (Å²) in [5.41, 5.74) is 5.55. The number of hydrogen-bond acceptors (Lipinski definition) is 4. The van der Waals surface area contributed by atoms with Gasteiger partial charge in [0.1, 0.15) is 11.9 Å². The van der Waals surface area contributed by atoms with Crippen LogP contribution in [0.1, 0.15) is 5.56 Å². The van der Waals surface area contributed by atoms with E-state index in [0.29, 0.717) is 12.1 Å². The van der Waals surface area contributed by atoms with Gasteiger partial charge in [0, 0.05) is 19.6 Å². The Morgan fingerprint density at radius 1 is 1.50 bits per heavy atom. The molecule has 110 valence electrons. The SMILES string of the molecule is Cc1cc(F)ccc1S(=O)(=O)N1CCNCC1C(N)=O. The Kier molecular flexibility index (Phi) is 4.07. The first-order chi connectivity index (χ1) is 9.34. The van der Waals surface area contributed by atoms with Crippen molar-refractivity contribution in [3.05, 3.63) is 29.6 Å². The first-order valence-electron chi connectivity index (χ1n) is 6.12. The van der Waals surface area contributed by atoms with Gasteiger partial charge in [-0.25, -0.2) is 12.8 Å². The smallest absolute Gasteiger partial charge is 0.244 e. The molecule has 0 radical (unpaired) electrons. The molecule has 3 N–H and O–H groups in total. The van der Waals surface area contributed by atoms with E-state index < -0.39 is 27.8 Å². The third-order valence-corrected chi connectivity index (χ3v) is 5.31. The summed E-state index contributed by atoms with van der Waals surface area (Å²) in [7, 11) is -3.88. The van der Waals surface area contributed by atoms with Gasteiger partial charge in [-0.2, -0.15) is 4.31 Å². The lowest BCUT2D eigenvalue weighted by Crippen LogP contribution is -2.58. The van der Waals surface area contributed by atoms with Crippen LogP contribution in [0.15, 0.2) is 23.1 Å². The van der Waals surface area contributed by atoms with E-state index in [1.807, 2.05) is 0 Å². The summed E-state index contributed by atoms with van der Waals surface area (Å²) < 4.78 is 39.4. The number of rotatable bonds is 3. The topological polar surface area (TPSA) is 92.5 Å². The Bertz CT molecular complexity index is 633. The Hall–Kier alpha value is -1.51. The van der Waals surface area contributed by atoms with Gasteiger partial charge in [0.2, 0.25) is 15.9 Å². The number of nitrogens with one attached hydrogen (secondary N) is 1. The van der Waals surface area contributed by atoms with Crippen LogP contribution in [0, 0.1) is 12.7 Å². The molecule has 1 amide bonds. The third kappa shape index (κ3) is 2.67. The molecule has 8 heteroatoms. The van der Waals surface area contributed by atoms with Crippen LogP contribution in [0.2, 0.25) is 0 Å². The van der Waals surface area contributed by atoms with Gasteiger partial charge in [0.05, 0.1) is 4.90 Å². The molecule has 6 nitrogen and oxygen atoms in total. The molecule has 1 heterocycles. The molecule has 1 aliphatic heterocycles. The molecule has 0 saturated carbocycles. The molecule has 2 rings (SSSR count). The largest absolute Gasteiger partial charge is 0.368 e. The van der Waals surface area contributed by atoms with Crippen molar-refractivity contribution < 1.29 is 17.6 Å². The van der Waals surface area contributed by atoms with E-state index in [-0.39, 0.29) is 18.0 Å². The van der Waals surface area contributed by atoms with Gasteiger partial charge in [0.25, 0.3) is 0 Å². The first kappa shape index (κ1) is 14.9. The second-order valence-electron chi connectivity index (χ2n) is 4.65. The number of benzene rings is 1. The van der Waals surface area contributed by atoms with E-state index in [1.54, 1.807) is 0 Å². The predicted octanol–water partition coefficient (Wildman–Crippen LogP) is -0.418. The third-order valence-electron chi connectivity index (χ3n) is 3.25. The second kappa shape index (κ2) is 5.47. The number of nitrogens with zero attached hydrogens (tertiary/aromatic N) is 1. The summed E-state index contributed by atoms with van der Waals surface area (Å²) in [6.07, 6.45) is 0. The van der Waals surface area contributed by atoms with Gasteiger partial charge >= 0.3 is 0 Å². The number of halogens is 1. The molecule has 1 unspecified atom stereocenters. The van der Waals surface area contributed by atoms with Gasteiger partial charge in [-0.1, -0.05) is 0 Å². The maximum Gasteiger partial charge on any atom is 0.244 e. The lowest BCUT2D eigenvalue weighted by molar-refractivity contribution is -0.122. The molecular weight excluding hydrogens is 285 g/mol. The summed E-state index contributed by atoms with van der Waals surface area (Å²) in [5.74, 6) is -1.21. The zero-order chi connectivity index (χ0) is 14.9. The zero-order valence-corrected chi connectivity index (χ0v) is 11.8. The van der Waals surface area contributed by atoms with Crippen LogP contribution < -0.4 is 11.1 Å². The van der Waals surface area contributed by atoms with E-state index >= 15 is 0 Å². The standard InChI is InChI=1S/C12H16FN3O3S/c1-8-6-9(13)2-3-11(8)20(18,19)16-5-4-15-7-10(16)12(14)17/h2-3,6,10,15H,4-5,7H2,1H3,(H2,14,17). The van der Waals surface area contributed by atoms with Gasteiger partial charge in [0.15, 0.2) is 0 Å². The van der Waals surface area contributed by atoms with E-state index in [4.69, 9.17) is 5.73 Å². The number of hydrogen-bond donors (Lipinski definition) is 2. The summed E-state index contributed by atoms with van der Waals surface area (Å²) in [5, 5.41) is 2.93. The van der Waals surface area contributed by atoms with E-state index in [1.165, 1.54) is 13.0 Å². The Morgan fingerprint density at radius 2 is 2.20 bits per heavy atom. The van der Waals surface area contributed by atoms with Gasteiger partial charge in [-0.3, -0.25) is 4.79 Å². The highest BCUT2D eigenvalue weighted by atomic mass is 32.2. The molecule has 1 fully saturated rings. The first-order valence-corrected chi connectivity index (χ1v) is 7.56. The maximum absolute atomic E-state index is 13.1. The fourth-order valence-electron chi connectivity index (χ4n) is 2.24. The molecule has 1 aromatic carbocycles. The minimum atomic E-state index is -3.88. The Balaban J connectivity index is 2.45. The van der Waals surface area contributed by atoms with Crippen molar-refractivity contribution in [1.82, 2.24) is 9.62 Å². The molecule has 0 spiro atoms. The van der Waals surface area contributed by atoms with Crippen molar-refractivity contribution in [3.63, 3.8) is 0 Å². The van der Waals surface area contributed by atoms with Crippen molar-refractivity contribution in [3.8, 4) is 0 Å². The number of aryl methyl sites for hydroxylation is 1. The highest BCUT2D eigenvalue weighted by Crippen LogP contribution is 2.23. The minimum absolute atomic E-state index is 0.00736. The van der Waals surface area contributed by atoms with Crippen LogP contribution in [0.5, 0.6) is 0 Å². The van der Waals surface area contributed by atoms with Gasteiger partial charge in [-0.05, 0) is 30.7 Å². The van der Waals surface area contributed by atoms with Crippen molar-refractivity contribution in [2.24, 2.45) is 5.73 Å². The summed E-state index contributed by atoms with van der Waals surface area (Å²) in [6, 6.07) is 2.51. The summed E-state index contributed by atoms with van der Waals surface area (Å²) in [4.78, 5) is 11.4. The normalized spacial score (nSPS) is 20.8. The van der Waals surface area contributed by atoms with Gasteiger partial charge in [-0.15, -0.1) is 0 Å². The number of sulfonamides is 1. The van der Waals surface area contributed by atoms with Crippen LogP contribution in [-0.4, -0.2) is 44.3 Å². The molecule has 0 aliphatic carbocycles. The maximum atomic E-state index is 13.1. The van der Waals surface area contributed by atoms with Crippen LogP contribution in [-0.2, 0) is 14.8 Å². The lowest BCUT2D eigenvalue weighted by atomic mass is 10.2. The van der Waals surface area contributed by atoms with Crippen LogP contribution in [0.4, 0.5) is 4.39 Å². The monoisotopic (exact) mass is 301 g/mol. The van der Waals surface area contributed by atoms with E-state index in [2.05, 4.69) is 5.32 Å². The quantitative estimate of drug-likeness (QED) is 0.793. The zero-order valence-electron chi connectivity index (χ0n) is 11.0. The molecule has 1 aliphatic rings. The van der Waals surface area contributed by atoms with Crippen molar-refractivity contribution >= 4 is 15.9 Å². The molecule has 20 heavy (non-hydrogen) atoms. The van der Waals surface area contributed by atoms with E-state index in [0.717, 1.165) is 16.4 Å². The average molecular weight is 301 g/mol. The second-order valence-corrected chi connectivity index (χ2v) is 6.51. The number of primary amides is 1.